The molecule has 30 heavy (non-hydrogen) atoms. The van der Waals surface area contributed by atoms with Crippen LogP contribution >= 0.6 is 0 Å². The number of rotatable bonds is 3. The van der Waals surface area contributed by atoms with E-state index in [4.69, 9.17) is 4.74 Å². The van der Waals surface area contributed by atoms with Crippen molar-refractivity contribution in [1.82, 2.24) is 19.2 Å². The molecule has 1 fully saturated rings. The van der Waals surface area contributed by atoms with E-state index in [0.29, 0.717) is 42.7 Å². The minimum atomic E-state index is -4.43. The fourth-order valence-corrected chi connectivity index (χ4v) is 3.77. The first-order valence-electron chi connectivity index (χ1n) is 9.64. The molecule has 3 heterocycles. The maximum Gasteiger partial charge on any atom is 0.416 e. The average Bonchev–Trinajstić information content (AvgIpc) is 2.98. The summed E-state index contributed by atoms with van der Waals surface area (Å²) in [6.45, 7) is 6.96. The first-order chi connectivity index (χ1) is 14.1. The normalized spacial score (nSPS) is 17.7. The van der Waals surface area contributed by atoms with Gasteiger partial charge in [0, 0.05) is 19.2 Å². The summed E-state index contributed by atoms with van der Waals surface area (Å²) in [5, 5.41) is 4.25. The summed E-state index contributed by atoms with van der Waals surface area (Å²) >= 11 is 0. The zero-order valence-corrected chi connectivity index (χ0v) is 16.9. The molecule has 0 unspecified atom stereocenters. The molecule has 0 amide bonds. The van der Waals surface area contributed by atoms with E-state index in [1.807, 2.05) is 11.8 Å². The number of benzene rings is 1. The van der Waals surface area contributed by atoms with Gasteiger partial charge in [-0.1, -0.05) is 12.1 Å². The summed E-state index contributed by atoms with van der Waals surface area (Å²) in [6.07, 6.45) is -4.42. The van der Waals surface area contributed by atoms with Gasteiger partial charge < -0.3 is 9.64 Å². The Bertz CT molecular complexity index is 1150. The molecule has 1 aliphatic heterocycles. The molecule has 0 saturated carbocycles. The Morgan fingerprint density at radius 1 is 1.27 bits per heavy atom. The lowest BCUT2D eigenvalue weighted by atomic mass is 10.0. The summed E-state index contributed by atoms with van der Waals surface area (Å²) in [6, 6.07) is 5.53. The highest BCUT2D eigenvalue weighted by Gasteiger charge is 2.33. The number of hydrogen-bond acceptors (Lipinski definition) is 5. The van der Waals surface area contributed by atoms with Gasteiger partial charge in [-0.15, -0.1) is 5.10 Å². The average molecular weight is 421 g/mol. The van der Waals surface area contributed by atoms with Crippen LogP contribution in [-0.2, 0) is 17.5 Å². The van der Waals surface area contributed by atoms with Crippen molar-refractivity contribution in [2.24, 2.45) is 0 Å². The lowest BCUT2D eigenvalue weighted by Gasteiger charge is -2.31. The molecule has 1 aromatic carbocycles. The van der Waals surface area contributed by atoms with Crippen LogP contribution in [0.4, 0.5) is 19.0 Å². The van der Waals surface area contributed by atoms with E-state index in [1.165, 1.54) is 23.6 Å². The molecule has 0 aliphatic carbocycles. The molecule has 3 aromatic rings. The smallest absolute Gasteiger partial charge is 0.375 e. The van der Waals surface area contributed by atoms with Gasteiger partial charge in [-0.25, -0.2) is 0 Å². The highest BCUT2D eigenvalue weighted by molar-refractivity contribution is 5.46. The summed E-state index contributed by atoms with van der Waals surface area (Å²) in [4.78, 5) is 19.2. The summed E-state index contributed by atoms with van der Waals surface area (Å²) in [7, 11) is 0. The Morgan fingerprint density at radius 3 is 2.73 bits per heavy atom. The molecule has 4 rings (SSSR count). The first kappa shape index (κ1) is 20.4. The predicted octanol–water partition coefficient (Wildman–Crippen LogP) is 2.80. The molecular weight excluding hydrogens is 399 g/mol. The number of alkyl halides is 3. The fourth-order valence-electron chi connectivity index (χ4n) is 3.77. The number of aromatic nitrogens is 4. The quantitative estimate of drug-likeness (QED) is 0.651. The van der Waals surface area contributed by atoms with Gasteiger partial charge in [-0.3, -0.25) is 9.36 Å². The van der Waals surface area contributed by atoms with Crippen molar-refractivity contribution in [1.29, 1.82) is 0 Å². The molecule has 1 atom stereocenters. The highest BCUT2D eigenvalue weighted by Crippen LogP contribution is 2.33. The van der Waals surface area contributed by atoms with Crippen molar-refractivity contribution in [2.45, 2.75) is 39.6 Å². The van der Waals surface area contributed by atoms with E-state index in [9.17, 15) is 18.0 Å². The topological polar surface area (TPSA) is 64.7 Å². The molecule has 0 radical (unpaired) electrons. The number of ether oxygens (including phenoxy) is 1. The van der Waals surface area contributed by atoms with Crippen LogP contribution in [-0.4, -0.2) is 45.0 Å². The van der Waals surface area contributed by atoms with Gasteiger partial charge in [0.15, 0.2) is 0 Å². The molecule has 2 aromatic heterocycles. The second kappa shape index (κ2) is 7.42. The molecule has 0 N–H and O–H groups in total. The summed E-state index contributed by atoms with van der Waals surface area (Å²) in [5.74, 6) is 1.30. The molecule has 1 aliphatic rings. The van der Waals surface area contributed by atoms with Crippen molar-refractivity contribution in [3.63, 3.8) is 0 Å². The summed E-state index contributed by atoms with van der Waals surface area (Å²) < 4.78 is 48.3. The Hall–Kier alpha value is -2.88. The van der Waals surface area contributed by atoms with Crippen LogP contribution in [0.1, 0.15) is 29.4 Å². The second-order valence-corrected chi connectivity index (χ2v) is 7.51. The Kier molecular flexibility index (Phi) is 5.05. The van der Waals surface area contributed by atoms with Crippen LogP contribution in [0.15, 0.2) is 29.1 Å². The number of halogens is 3. The van der Waals surface area contributed by atoms with Gasteiger partial charge in [-0.2, -0.15) is 22.7 Å². The van der Waals surface area contributed by atoms with E-state index in [1.54, 1.807) is 17.6 Å². The van der Waals surface area contributed by atoms with Crippen molar-refractivity contribution < 1.29 is 17.9 Å². The standard InChI is InChI=1S/C20H22F3N5O2/c1-12-10-26(7-8-30-12)17-9-18(29)28-19(24-17)27(14(3)25-28)11-15-5-4-6-16(13(15)2)20(21,22)23/h4-6,9,12H,7-8,10-11H2,1-3H3/t12-/m1/s1. The molecule has 1 saturated heterocycles. The van der Waals surface area contributed by atoms with Gasteiger partial charge in [0.25, 0.3) is 5.56 Å². The van der Waals surface area contributed by atoms with Crippen molar-refractivity contribution in [3.05, 3.63) is 57.1 Å². The molecule has 160 valence electrons. The number of fused-ring (bicyclic) bond motifs is 1. The SMILES string of the molecule is Cc1c(Cn2c(C)nn3c(=O)cc(N4CCO[C@H](C)C4)nc23)cccc1C(F)(F)F. The minimum absolute atomic E-state index is 0.0124. The molecule has 0 bridgehead atoms. The zero-order chi connectivity index (χ0) is 21.6. The zero-order valence-electron chi connectivity index (χ0n) is 16.9. The third-order valence-electron chi connectivity index (χ3n) is 5.39. The number of morpholine rings is 1. The molecular formula is C20H22F3N5O2. The van der Waals surface area contributed by atoms with E-state index in [2.05, 4.69) is 10.1 Å². The molecule has 0 spiro atoms. The third-order valence-corrected chi connectivity index (χ3v) is 5.39. The largest absolute Gasteiger partial charge is 0.416 e. The number of aryl methyl sites for hydroxylation is 1. The van der Waals surface area contributed by atoms with Gasteiger partial charge in [0.05, 0.1) is 24.8 Å². The van der Waals surface area contributed by atoms with E-state index in [-0.39, 0.29) is 23.8 Å². The third kappa shape index (κ3) is 3.67. The van der Waals surface area contributed by atoms with E-state index < -0.39 is 11.7 Å². The number of hydrogen-bond donors (Lipinski definition) is 0. The maximum absolute atomic E-state index is 13.3. The monoisotopic (exact) mass is 421 g/mol. The van der Waals surface area contributed by atoms with Gasteiger partial charge in [0.2, 0.25) is 5.78 Å². The fraction of sp³-hybridized carbons (Fsp3) is 0.450. The van der Waals surface area contributed by atoms with Crippen LogP contribution in [0, 0.1) is 13.8 Å². The van der Waals surface area contributed by atoms with Crippen LogP contribution in [0.2, 0.25) is 0 Å². The second-order valence-electron chi connectivity index (χ2n) is 7.51. The Balaban J connectivity index is 1.78. The van der Waals surface area contributed by atoms with Crippen molar-refractivity contribution in [3.8, 4) is 0 Å². The maximum atomic E-state index is 13.3. The number of nitrogens with zero attached hydrogens (tertiary/aromatic N) is 5. The van der Waals surface area contributed by atoms with Gasteiger partial charge in [0.1, 0.15) is 11.6 Å². The summed E-state index contributed by atoms with van der Waals surface area (Å²) in [5.41, 5.74) is -0.365. The van der Waals surface area contributed by atoms with Gasteiger partial charge in [-0.05, 0) is 38.0 Å². The van der Waals surface area contributed by atoms with Crippen molar-refractivity contribution >= 4 is 11.6 Å². The lowest BCUT2D eigenvalue weighted by Crippen LogP contribution is -2.42. The van der Waals surface area contributed by atoms with Gasteiger partial charge >= 0.3 is 6.18 Å². The highest BCUT2D eigenvalue weighted by atomic mass is 19.4. The molecule has 7 nitrogen and oxygen atoms in total. The van der Waals surface area contributed by atoms with Crippen LogP contribution in [0.25, 0.3) is 5.78 Å². The van der Waals surface area contributed by atoms with Crippen LogP contribution < -0.4 is 10.5 Å². The van der Waals surface area contributed by atoms with E-state index in [0.717, 1.165) is 6.07 Å². The number of anilines is 1. The Labute approximate surface area is 170 Å². The van der Waals surface area contributed by atoms with Crippen molar-refractivity contribution in [2.75, 3.05) is 24.6 Å². The lowest BCUT2D eigenvalue weighted by molar-refractivity contribution is -0.138. The predicted molar refractivity (Wildman–Crippen MR) is 105 cm³/mol. The Morgan fingerprint density at radius 2 is 2.03 bits per heavy atom. The van der Waals surface area contributed by atoms with E-state index >= 15 is 0 Å². The minimum Gasteiger partial charge on any atom is -0.375 e. The van der Waals surface area contributed by atoms with Crippen LogP contribution in [0.3, 0.4) is 0 Å². The van der Waals surface area contributed by atoms with Crippen LogP contribution in [0.5, 0.6) is 0 Å². The molecule has 10 heteroatoms. The first-order valence-corrected chi connectivity index (χ1v) is 9.64.